The van der Waals surface area contributed by atoms with Gasteiger partial charge in [0.15, 0.2) is 0 Å². The fourth-order valence-corrected chi connectivity index (χ4v) is 12.8. The number of thiophene rings is 1. The van der Waals surface area contributed by atoms with Crippen LogP contribution in [0.25, 0.3) is 58.8 Å². The maximum atomic E-state index is 2.82. The molecule has 13 rings (SSSR count). The van der Waals surface area contributed by atoms with Gasteiger partial charge >= 0.3 is 6.85 Å². The van der Waals surface area contributed by atoms with Crippen molar-refractivity contribution in [3.63, 3.8) is 0 Å². The predicted molar refractivity (Wildman–Crippen MR) is 236 cm³/mol. The number of aromatic nitrogens is 1. The number of hydrogen-bond acceptors (Lipinski definition) is 3. The lowest BCUT2D eigenvalue weighted by molar-refractivity contribution is 0.195. The largest absolute Gasteiger partial charge is 0.376 e. The molecule has 1 fully saturated rings. The third kappa shape index (κ3) is 3.64. The van der Waals surface area contributed by atoms with Gasteiger partial charge in [0.25, 0.3) is 0 Å². The maximum absolute atomic E-state index is 2.82. The summed E-state index contributed by atoms with van der Waals surface area (Å²) in [6.45, 7) is 5.14. The third-order valence-electron chi connectivity index (χ3n) is 14.3. The molecule has 2 aromatic heterocycles. The predicted octanol–water partition coefficient (Wildman–Crippen LogP) is 12.1. The molecule has 2 atom stereocenters. The molecule has 0 saturated heterocycles. The highest BCUT2D eigenvalue weighted by Crippen LogP contribution is 2.62. The fraction of sp³-hybridized carbons (Fsp3) is 0.160. The van der Waals surface area contributed by atoms with E-state index in [4.69, 9.17) is 0 Å². The molecular weight excluding hydrogens is 685 g/mol. The Balaban J connectivity index is 1.25. The first-order valence-electron chi connectivity index (χ1n) is 19.9. The average Bonchev–Trinajstić information content (AvgIpc) is 3.84. The van der Waals surface area contributed by atoms with E-state index in [0.717, 1.165) is 0 Å². The summed E-state index contributed by atoms with van der Waals surface area (Å²) in [5.74, 6) is 0. The first-order chi connectivity index (χ1) is 27.0. The van der Waals surface area contributed by atoms with Crippen LogP contribution in [0, 0.1) is 0 Å². The van der Waals surface area contributed by atoms with E-state index in [1.807, 2.05) is 11.3 Å². The highest BCUT2D eigenvalue weighted by atomic mass is 32.1. The van der Waals surface area contributed by atoms with Crippen LogP contribution in [0.4, 0.5) is 22.7 Å². The standard InChI is InChI=1S/C50H38BN3S/c1-49-26-14-15-27-50(49,2)53(40-23-11-8-20-37(40)49)43-29-36-34-28-35-32-18-7-13-25-44(32)55-45(35)30-42(34)54(31-16-4-3-5-17-31)51-38-21-9-12-24-41(38)52-39-22-10-6-19-33(39)46(43)48(52)47(36)51/h3-13,16-25,28-30H,14-15,26-27H2,1-2H3. The monoisotopic (exact) mass is 723 g/mol. The van der Waals surface area contributed by atoms with Crippen LogP contribution < -0.4 is 20.6 Å². The Morgan fingerprint density at radius 1 is 0.582 bits per heavy atom. The van der Waals surface area contributed by atoms with Gasteiger partial charge in [0.2, 0.25) is 0 Å². The maximum Gasteiger partial charge on any atom is 0.333 e. The van der Waals surface area contributed by atoms with E-state index in [1.54, 1.807) is 0 Å². The number of hydrogen-bond donors (Lipinski definition) is 0. The molecule has 0 amide bonds. The van der Waals surface area contributed by atoms with Crippen molar-refractivity contribution < 1.29 is 0 Å². The number of para-hydroxylation sites is 4. The van der Waals surface area contributed by atoms with Crippen molar-refractivity contribution in [3.8, 4) is 16.8 Å². The van der Waals surface area contributed by atoms with Crippen LogP contribution in [0.3, 0.4) is 0 Å². The molecule has 1 saturated carbocycles. The first kappa shape index (κ1) is 30.5. The highest BCUT2D eigenvalue weighted by Gasteiger charge is 2.58. The smallest absolute Gasteiger partial charge is 0.333 e. The zero-order chi connectivity index (χ0) is 36.2. The molecule has 5 heterocycles. The number of fused-ring (bicyclic) bond motifs is 14. The molecule has 262 valence electrons. The molecule has 3 nitrogen and oxygen atoms in total. The van der Waals surface area contributed by atoms with Gasteiger partial charge in [0.05, 0.1) is 22.3 Å². The van der Waals surface area contributed by atoms with Gasteiger partial charge in [-0.05, 0) is 96.4 Å². The second-order valence-electron chi connectivity index (χ2n) is 16.7. The first-order valence-corrected chi connectivity index (χ1v) is 20.8. The van der Waals surface area contributed by atoms with Crippen molar-refractivity contribution in [2.75, 3.05) is 9.71 Å². The van der Waals surface area contributed by atoms with E-state index < -0.39 is 0 Å². The van der Waals surface area contributed by atoms with Crippen molar-refractivity contribution in [2.45, 2.75) is 50.5 Å². The SMILES string of the molecule is CC12CCCCC1(C)N(c1cc3c4c5c1c1ccccc1n5-c1ccccc1B4N(c1ccccc1)c1cc4sc5ccccc5c4cc1-3)c1ccccc12. The Kier molecular flexibility index (Phi) is 5.83. The number of rotatable bonds is 2. The average molecular weight is 724 g/mol. The molecular formula is C50H38BN3S. The van der Waals surface area contributed by atoms with Crippen LogP contribution >= 0.6 is 11.3 Å². The number of anilines is 4. The molecule has 0 bridgehead atoms. The van der Waals surface area contributed by atoms with Crippen molar-refractivity contribution in [2.24, 2.45) is 0 Å². The van der Waals surface area contributed by atoms with E-state index in [-0.39, 0.29) is 17.8 Å². The molecule has 1 aliphatic carbocycles. The minimum absolute atomic E-state index is 0.00249. The second kappa shape index (κ2) is 10.5. The molecule has 3 aliphatic heterocycles. The van der Waals surface area contributed by atoms with Gasteiger partial charge in [0.1, 0.15) is 0 Å². The summed E-state index contributed by atoms with van der Waals surface area (Å²) in [6.07, 6.45) is 4.90. The molecule has 9 aromatic rings. The summed E-state index contributed by atoms with van der Waals surface area (Å²) in [5, 5.41) is 5.38. The Morgan fingerprint density at radius 3 is 2.20 bits per heavy atom. The Hall–Kier alpha value is -5.78. The highest BCUT2D eigenvalue weighted by molar-refractivity contribution is 7.25. The fourth-order valence-electron chi connectivity index (χ4n) is 11.7. The van der Waals surface area contributed by atoms with Crippen LogP contribution in [0.1, 0.15) is 45.1 Å². The van der Waals surface area contributed by atoms with Crippen LogP contribution in [0.2, 0.25) is 0 Å². The van der Waals surface area contributed by atoms with Gasteiger partial charge in [-0.3, -0.25) is 0 Å². The number of benzene rings is 7. The molecule has 55 heavy (non-hydrogen) atoms. The second-order valence-corrected chi connectivity index (χ2v) is 17.8. The van der Waals surface area contributed by atoms with Gasteiger partial charge in [-0.25, -0.2) is 0 Å². The van der Waals surface area contributed by atoms with Crippen LogP contribution in [0.15, 0.2) is 146 Å². The van der Waals surface area contributed by atoms with E-state index in [9.17, 15) is 0 Å². The van der Waals surface area contributed by atoms with E-state index in [1.165, 1.54) is 124 Å². The van der Waals surface area contributed by atoms with Crippen LogP contribution in [0.5, 0.6) is 0 Å². The Morgan fingerprint density at radius 2 is 1.31 bits per heavy atom. The normalized spacial score (nSPS) is 20.7. The zero-order valence-corrected chi connectivity index (χ0v) is 31.8. The van der Waals surface area contributed by atoms with Gasteiger partial charge in [-0.2, -0.15) is 0 Å². The van der Waals surface area contributed by atoms with Gasteiger partial charge in [-0.1, -0.05) is 111 Å². The molecule has 5 heteroatoms. The summed E-state index contributed by atoms with van der Waals surface area (Å²) in [5.41, 5.74) is 16.0. The topological polar surface area (TPSA) is 11.4 Å². The summed E-state index contributed by atoms with van der Waals surface area (Å²) in [4.78, 5) is 5.48. The Bertz CT molecular complexity index is 3120. The van der Waals surface area contributed by atoms with Crippen molar-refractivity contribution >= 4 is 93.8 Å². The van der Waals surface area contributed by atoms with E-state index in [0.29, 0.717) is 0 Å². The van der Waals surface area contributed by atoms with Gasteiger partial charge in [0, 0.05) is 64.7 Å². The summed E-state index contributed by atoms with van der Waals surface area (Å²) >= 11 is 1.91. The Labute approximate surface area is 325 Å². The van der Waals surface area contributed by atoms with Crippen molar-refractivity contribution in [1.82, 2.24) is 4.57 Å². The van der Waals surface area contributed by atoms with Crippen molar-refractivity contribution in [3.05, 3.63) is 151 Å². The van der Waals surface area contributed by atoms with Gasteiger partial charge in [-0.15, -0.1) is 11.3 Å². The summed E-state index contributed by atoms with van der Waals surface area (Å²) in [6, 6.07) is 55.5. The minimum Gasteiger partial charge on any atom is -0.376 e. The molecule has 7 aromatic carbocycles. The van der Waals surface area contributed by atoms with Crippen LogP contribution in [-0.2, 0) is 5.41 Å². The van der Waals surface area contributed by atoms with E-state index in [2.05, 4.69) is 174 Å². The van der Waals surface area contributed by atoms with E-state index >= 15 is 0 Å². The molecule has 0 radical (unpaired) electrons. The molecule has 2 unspecified atom stereocenters. The third-order valence-corrected chi connectivity index (χ3v) is 15.4. The minimum atomic E-state index is -0.0676. The summed E-state index contributed by atoms with van der Waals surface area (Å²) < 4.78 is 5.30. The molecule has 4 aliphatic rings. The van der Waals surface area contributed by atoms with Crippen LogP contribution in [-0.4, -0.2) is 17.0 Å². The summed E-state index contributed by atoms with van der Waals surface area (Å²) in [7, 11) is 0. The number of nitrogens with zero attached hydrogens (tertiary/aromatic N) is 3. The molecule has 0 spiro atoms. The molecule has 0 N–H and O–H groups in total. The lowest BCUT2D eigenvalue weighted by Gasteiger charge is -2.51. The lowest BCUT2D eigenvalue weighted by atomic mass is 9.44. The lowest BCUT2D eigenvalue weighted by Crippen LogP contribution is -2.60. The van der Waals surface area contributed by atoms with Gasteiger partial charge < -0.3 is 14.3 Å². The quantitative estimate of drug-likeness (QED) is 0.165. The van der Waals surface area contributed by atoms with Crippen molar-refractivity contribution in [1.29, 1.82) is 0 Å². The zero-order valence-electron chi connectivity index (χ0n) is 31.0.